The van der Waals surface area contributed by atoms with E-state index in [4.69, 9.17) is 14.2 Å². The van der Waals surface area contributed by atoms with Crippen LogP contribution in [0.3, 0.4) is 0 Å². The molecule has 4 aliphatic rings. The van der Waals surface area contributed by atoms with E-state index in [1.54, 1.807) is 0 Å². The number of rotatable bonds is 1. The molecule has 6 nitrogen and oxygen atoms in total. The number of cyclic esters (lactones) is 1. The Morgan fingerprint density at radius 3 is 2.43 bits per heavy atom. The summed E-state index contributed by atoms with van der Waals surface area (Å²) in [4.78, 5) is 37.2. The van der Waals surface area contributed by atoms with Gasteiger partial charge in [0.25, 0.3) is 0 Å². The fraction of sp³-hybridized carbons (Fsp3) is 0.864. The van der Waals surface area contributed by atoms with Crippen LogP contribution in [0, 0.1) is 22.7 Å². The van der Waals surface area contributed by atoms with Gasteiger partial charge >= 0.3 is 11.9 Å². The number of Topliss-reactive ketones (excluding diaryl/α,β-unsaturated/α-hetero) is 1. The number of ketones is 1. The largest absolute Gasteiger partial charge is 0.463 e. The van der Waals surface area contributed by atoms with Crippen LogP contribution in [0.15, 0.2) is 0 Å². The Bertz CT molecular complexity index is 729. The van der Waals surface area contributed by atoms with Gasteiger partial charge in [-0.1, -0.05) is 34.1 Å². The van der Waals surface area contributed by atoms with Crippen LogP contribution in [-0.2, 0) is 28.6 Å². The Balaban J connectivity index is 1.81. The monoisotopic (exact) mass is 392 g/mol. The predicted octanol–water partition coefficient (Wildman–Crippen LogP) is 3.20. The van der Waals surface area contributed by atoms with Gasteiger partial charge in [0, 0.05) is 24.2 Å². The summed E-state index contributed by atoms with van der Waals surface area (Å²) in [6.07, 6.45) is 3.91. The predicted molar refractivity (Wildman–Crippen MR) is 100 cm³/mol. The molecule has 2 aliphatic heterocycles. The summed E-state index contributed by atoms with van der Waals surface area (Å²) in [7, 11) is 0. The molecule has 2 heterocycles. The summed E-state index contributed by atoms with van der Waals surface area (Å²) in [6.45, 7) is 10.1. The second-order valence-electron chi connectivity index (χ2n) is 10.4. The molecule has 0 aromatic rings. The number of hydrogen-bond acceptors (Lipinski definition) is 6. The number of hydrogen-bond donors (Lipinski definition) is 0. The molecule has 156 valence electrons. The molecule has 0 aromatic heterocycles. The van der Waals surface area contributed by atoms with Crippen LogP contribution in [0.25, 0.3) is 0 Å². The minimum absolute atomic E-state index is 0.0464. The summed E-state index contributed by atoms with van der Waals surface area (Å²) in [5.41, 5.74) is -1.75. The minimum Gasteiger partial charge on any atom is -0.463 e. The van der Waals surface area contributed by atoms with E-state index in [0.29, 0.717) is 0 Å². The maximum Gasteiger partial charge on any atom is 0.308 e. The molecule has 2 saturated heterocycles. The third-order valence-electron chi connectivity index (χ3n) is 8.33. The van der Waals surface area contributed by atoms with Gasteiger partial charge in [-0.2, -0.15) is 0 Å². The van der Waals surface area contributed by atoms with Crippen LogP contribution in [-0.4, -0.2) is 41.6 Å². The van der Waals surface area contributed by atoms with Gasteiger partial charge in [0.2, 0.25) is 0 Å². The number of ether oxygens (including phenoxy) is 3. The van der Waals surface area contributed by atoms with Crippen molar-refractivity contribution in [3.63, 3.8) is 0 Å². The number of fused-ring (bicyclic) bond motifs is 2. The molecule has 0 radical (unpaired) electrons. The van der Waals surface area contributed by atoms with Gasteiger partial charge in [-0.15, -0.1) is 0 Å². The molecule has 0 N–H and O–H groups in total. The number of carbonyl (C=O) groups excluding carboxylic acids is 3. The topological polar surface area (TPSA) is 78.9 Å². The van der Waals surface area contributed by atoms with E-state index in [9.17, 15) is 14.4 Å². The molecule has 2 aliphatic carbocycles. The van der Waals surface area contributed by atoms with E-state index < -0.39 is 29.2 Å². The van der Waals surface area contributed by atoms with E-state index in [0.717, 1.165) is 32.1 Å². The van der Waals surface area contributed by atoms with Crippen molar-refractivity contribution in [3.8, 4) is 0 Å². The van der Waals surface area contributed by atoms with Gasteiger partial charge in [-0.25, -0.2) is 0 Å². The molecule has 28 heavy (non-hydrogen) atoms. The van der Waals surface area contributed by atoms with Crippen molar-refractivity contribution in [3.05, 3.63) is 0 Å². The molecule has 4 rings (SSSR count). The Labute approximate surface area is 166 Å². The highest BCUT2D eigenvalue weighted by Crippen LogP contribution is 2.67. The number of carbonyl (C=O) groups is 3. The van der Waals surface area contributed by atoms with E-state index in [1.165, 1.54) is 6.92 Å². The van der Waals surface area contributed by atoms with Crippen molar-refractivity contribution in [1.29, 1.82) is 0 Å². The highest BCUT2D eigenvalue weighted by molar-refractivity contribution is 5.90. The fourth-order valence-corrected chi connectivity index (χ4v) is 7.16. The van der Waals surface area contributed by atoms with Crippen LogP contribution in [0.1, 0.15) is 73.1 Å². The van der Waals surface area contributed by atoms with Crippen molar-refractivity contribution in [1.82, 2.24) is 0 Å². The summed E-state index contributed by atoms with van der Waals surface area (Å²) >= 11 is 0. The van der Waals surface area contributed by atoms with Crippen LogP contribution >= 0.6 is 0 Å². The van der Waals surface area contributed by atoms with Gasteiger partial charge in [-0.05, 0) is 31.1 Å². The summed E-state index contributed by atoms with van der Waals surface area (Å²) in [6, 6.07) is 0. The van der Waals surface area contributed by atoms with Gasteiger partial charge in [0.15, 0.2) is 11.9 Å². The first-order valence-corrected chi connectivity index (χ1v) is 10.5. The lowest BCUT2D eigenvalue weighted by molar-refractivity contribution is -0.260. The van der Waals surface area contributed by atoms with Crippen molar-refractivity contribution in [2.45, 2.75) is 90.4 Å². The molecule has 4 fully saturated rings. The Morgan fingerprint density at radius 1 is 1.11 bits per heavy atom. The molecule has 6 unspecified atom stereocenters. The molecule has 2 saturated carbocycles. The third-order valence-corrected chi connectivity index (χ3v) is 8.33. The molecular formula is C22H32O6. The standard InChI is InChI=1S/C22H32O6/c1-13-16(25)17(27-14(2)23)18-19(3,4)7-6-8-20(18,5)22(13)10-9-21(28-22)11-15(24)26-12-21/h13,17-18H,6-12H2,1-5H3. The van der Waals surface area contributed by atoms with Crippen LogP contribution in [0.2, 0.25) is 0 Å². The van der Waals surface area contributed by atoms with E-state index in [-0.39, 0.29) is 41.5 Å². The smallest absolute Gasteiger partial charge is 0.308 e. The first-order valence-electron chi connectivity index (χ1n) is 10.5. The highest BCUT2D eigenvalue weighted by atomic mass is 16.6. The molecule has 6 heteroatoms. The normalized spacial score (nSPS) is 47.2. The molecule has 0 aromatic carbocycles. The average molecular weight is 392 g/mol. The van der Waals surface area contributed by atoms with E-state index in [2.05, 4.69) is 20.8 Å². The first kappa shape index (κ1) is 19.9. The maximum absolute atomic E-state index is 13.5. The zero-order valence-corrected chi connectivity index (χ0v) is 17.6. The van der Waals surface area contributed by atoms with Crippen LogP contribution in [0.5, 0.6) is 0 Å². The zero-order valence-electron chi connectivity index (χ0n) is 17.6. The van der Waals surface area contributed by atoms with Crippen molar-refractivity contribution in [2.24, 2.45) is 22.7 Å². The summed E-state index contributed by atoms with van der Waals surface area (Å²) in [5, 5.41) is 0. The van der Waals surface area contributed by atoms with Crippen LogP contribution < -0.4 is 0 Å². The Hall–Kier alpha value is -1.43. The third kappa shape index (κ3) is 2.52. The average Bonchev–Trinajstić information content (AvgIpc) is 3.14. The minimum atomic E-state index is -0.736. The van der Waals surface area contributed by atoms with Crippen LogP contribution in [0.4, 0.5) is 0 Å². The molecule has 2 spiro atoms. The summed E-state index contributed by atoms with van der Waals surface area (Å²) < 4.78 is 17.7. The van der Waals surface area contributed by atoms with Gasteiger partial charge in [0.1, 0.15) is 12.2 Å². The highest BCUT2D eigenvalue weighted by Gasteiger charge is 2.73. The lowest BCUT2D eigenvalue weighted by Crippen LogP contribution is -2.70. The van der Waals surface area contributed by atoms with Gasteiger partial charge in [0.05, 0.1) is 12.0 Å². The summed E-state index contributed by atoms with van der Waals surface area (Å²) in [5.74, 6) is -1.20. The van der Waals surface area contributed by atoms with Crippen molar-refractivity contribution < 1.29 is 28.6 Å². The van der Waals surface area contributed by atoms with E-state index in [1.807, 2.05) is 6.92 Å². The second kappa shape index (κ2) is 6.04. The van der Waals surface area contributed by atoms with Gasteiger partial charge < -0.3 is 14.2 Å². The molecule has 0 bridgehead atoms. The van der Waals surface area contributed by atoms with Gasteiger partial charge in [-0.3, -0.25) is 14.4 Å². The molecular weight excluding hydrogens is 360 g/mol. The Kier molecular flexibility index (Phi) is 4.28. The molecule has 0 amide bonds. The number of esters is 2. The molecule has 6 atom stereocenters. The van der Waals surface area contributed by atoms with Crippen molar-refractivity contribution in [2.75, 3.05) is 6.61 Å². The maximum atomic E-state index is 13.5. The van der Waals surface area contributed by atoms with E-state index >= 15 is 0 Å². The SMILES string of the molecule is CC(=O)OC1C(=O)C(C)C2(CCC3(COC(=O)C3)O2)C2(C)CCCC(C)(C)C12. The Morgan fingerprint density at radius 2 is 1.82 bits per heavy atom. The fourth-order valence-electron chi connectivity index (χ4n) is 7.16. The second-order valence-corrected chi connectivity index (χ2v) is 10.4. The first-order chi connectivity index (χ1) is 13.0. The lowest BCUT2D eigenvalue weighted by atomic mass is 9.43. The van der Waals surface area contributed by atoms with Crippen molar-refractivity contribution >= 4 is 17.7 Å². The zero-order chi connectivity index (χ0) is 20.5. The quantitative estimate of drug-likeness (QED) is 0.638. The lowest BCUT2D eigenvalue weighted by Gasteiger charge is -2.64.